The zero-order valence-electron chi connectivity index (χ0n) is 14.2. The molecular formula is C20H27NO2. The van der Waals surface area contributed by atoms with Gasteiger partial charge >= 0.3 is 0 Å². The second kappa shape index (κ2) is 5.85. The predicted octanol–water partition coefficient (Wildman–Crippen LogP) is 3.98. The van der Waals surface area contributed by atoms with Gasteiger partial charge in [-0.25, -0.2) is 0 Å². The van der Waals surface area contributed by atoms with Crippen molar-refractivity contribution in [1.29, 1.82) is 0 Å². The average molecular weight is 313 g/mol. The number of fused-ring (bicyclic) bond motifs is 1. The molecule has 5 unspecified atom stereocenters. The number of likely N-dealkylation sites (tertiary alicyclic amines) is 1. The maximum atomic E-state index is 13.1. The van der Waals surface area contributed by atoms with Crippen molar-refractivity contribution in [2.24, 2.45) is 11.8 Å². The molecule has 1 aromatic rings. The molecule has 3 heteroatoms. The normalized spacial score (nSPS) is 35.7. The highest BCUT2D eigenvalue weighted by Crippen LogP contribution is 2.53. The SMILES string of the molecule is COc1ccccc1C1CC1C(=O)N1C(C)CC2CCCCC21. The largest absolute Gasteiger partial charge is 0.496 e. The molecule has 0 aromatic heterocycles. The molecule has 2 saturated carbocycles. The Morgan fingerprint density at radius 1 is 1.17 bits per heavy atom. The predicted molar refractivity (Wildman–Crippen MR) is 90.5 cm³/mol. The maximum Gasteiger partial charge on any atom is 0.226 e. The van der Waals surface area contributed by atoms with Crippen LogP contribution in [0.2, 0.25) is 0 Å². The van der Waals surface area contributed by atoms with Crippen molar-refractivity contribution in [2.45, 2.75) is 63.5 Å². The summed E-state index contributed by atoms with van der Waals surface area (Å²) in [5.74, 6) is 2.62. The first-order valence-electron chi connectivity index (χ1n) is 9.15. The van der Waals surface area contributed by atoms with E-state index in [1.807, 2.05) is 18.2 Å². The van der Waals surface area contributed by atoms with E-state index in [1.165, 1.54) is 37.7 Å². The van der Waals surface area contributed by atoms with E-state index >= 15 is 0 Å². The highest BCUT2D eigenvalue weighted by Gasteiger charge is 2.51. The van der Waals surface area contributed by atoms with Crippen LogP contribution < -0.4 is 4.74 Å². The van der Waals surface area contributed by atoms with Crippen LogP contribution in [-0.2, 0) is 4.79 Å². The maximum absolute atomic E-state index is 13.1. The van der Waals surface area contributed by atoms with Crippen molar-refractivity contribution >= 4 is 5.91 Å². The van der Waals surface area contributed by atoms with E-state index in [0.29, 0.717) is 23.9 Å². The number of methoxy groups -OCH3 is 1. The fourth-order valence-electron chi connectivity index (χ4n) is 5.06. The first-order chi connectivity index (χ1) is 11.2. The van der Waals surface area contributed by atoms with Crippen molar-refractivity contribution in [2.75, 3.05) is 7.11 Å². The van der Waals surface area contributed by atoms with Crippen LogP contribution in [0.15, 0.2) is 24.3 Å². The molecule has 3 aliphatic rings. The van der Waals surface area contributed by atoms with Crippen LogP contribution in [0, 0.1) is 11.8 Å². The molecule has 1 aliphatic heterocycles. The second-order valence-corrected chi connectivity index (χ2v) is 7.63. The molecule has 3 fully saturated rings. The van der Waals surface area contributed by atoms with E-state index in [0.717, 1.165) is 18.1 Å². The second-order valence-electron chi connectivity index (χ2n) is 7.63. The van der Waals surface area contributed by atoms with Crippen LogP contribution in [0.25, 0.3) is 0 Å². The van der Waals surface area contributed by atoms with E-state index in [4.69, 9.17) is 4.74 Å². The molecule has 23 heavy (non-hydrogen) atoms. The minimum absolute atomic E-state index is 0.175. The highest BCUT2D eigenvalue weighted by atomic mass is 16.5. The Kier molecular flexibility index (Phi) is 3.82. The van der Waals surface area contributed by atoms with Gasteiger partial charge in [-0.1, -0.05) is 31.0 Å². The summed E-state index contributed by atoms with van der Waals surface area (Å²) < 4.78 is 5.48. The molecule has 1 aromatic carbocycles. The van der Waals surface area contributed by atoms with E-state index in [-0.39, 0.29) is 5.92 Å². The molecule has 3 nitrogen and oxygen atoms in total. The van der Waals surface area contributed by atoms with Crippen molar-refractivity contribution in [1.82, 2.24) is 4.90 Å². The zero-order valence-corrected chi connectivity index (χ0v) is 14.2. The molecule has 2 aliphatic carbocycles. The summed E-state index contributed by atoms with van der Waals surface area (Å²) >= 11 is 0. The number of benzene rings is 1. The first-order valence-corrected chi connectivity index (χ1v) is 9.15. The van der Waals surface area contributed by atoms with E-state index in [1.54, 1.807) is 7.11 Å². The lowest BCUT2D eigenvalue weighted by Crippen LogP contribution is -2.43. The summed E-state index contributed by atoms with van der Waals surface area (Å²) in [6, 6.07) is 9.11. The summed E-state index contributed by atoms with van der Waals surface area (Å²) in [6.07, 6.45) is 7.37. The molecule has 0 radical (unpaired) electrons. The fraction of sp³-hybridized carbons (Fsp3) is 0.650. The van der Waals surface area contributed by atoms with Crippen molar-refractivity contribution in [3.05, 3.63) is 29.8 Å². The van der Waals surface area contributed by atoms with Crippen LogP contribution in [-0.4, -0.2) is 30.0 Å². The van der Waals surface area contributed by atoms with Crippen LogP contribution in [0.3, 0.4) is 0 Å². The Hall–Kier alpha value is -1.51. The van der Waals surface area contributed by atoms with Gasteiger partial charge in [0.05, 0.1) is 7.11 Å². The Morgan fingerprint density at radius 2 is 1.96 bits per heavy atom. The topological polar surface area (TPSA) is 29.5 Å². The molecule has 0 spiro atoms. The minimum Gasteiger partial charge on any atom is -0.496 e. The monoisotopic (exact) mass is 313 g/mol. The van der Waals surface area contributed by atoms with Gasteiger partial charge in [0.2, 0.25) is 5.91 Å². The molecule has 124 valence electrons. The summed E-state index contributed by atoms with van der Waals surface area (Å²) in [7, 11) is 1.72. The Morgan fingerprint density at radius 3 is 2.78 bits per heavy atom. The quantitative estimate of drug-likeness (QED) is 0.845. The summed E-state index contributed by atoms with van der Waals surface area (Å²) in [6.45, 7) is 2.25. The molecule has 1 amide bonds. The van der Waals surface area contributed by atoms with Crippen LogP contribution in [0.1, 0.15) is 56.9 Å². The zero-order chi connectivity index (χ0) is 16.0. The van der Waals surface area contributed by atoms with Gasteiger partial charge in [0.15, 0.2) is 0 Å². The molecule has 1 saturated heterocycles. The van der Waals surface area contributed by atoms with E-state index in [2.05, 4.69) is 17.9 Å². The third kappa shape index (κ3) is 2.54. The fourth-order valence-corrected chi connectivity index (χ4v) is 5.06. The summed E-state index contributed by atoms with van der Waals surface area (Å²) in [5.41, 5.74) is 1.21. The van der Waals surface area contributed by atoms with Crippen molar-refractivity contribution in [3.63, 3.8) is 0 Å². The van der Waals surface area contributed by atoms with Crippen LogP contribution in [0.4, 0.5) is 0 Å². The number of hydrogen-bond acceptors (Lipinski definition) is 2. The molecular weight excluding hydrogens is 286 g/mol. The molecule has 4 rings (SSSR count). The van der Waals surface area contributed by atoms with Gasteiger partial charge in [-0.3, -0.25) is 4.79 Å². The van der Waals surface area contributed by atoms with E-state index in [9.17, 15) is 4.79 Å². The number of carbonyl (C=O) groups is 1. The lowest BCUT2D eigenvalue weighted by molar-refractivity contribution is -0.136. The number of amides is 1. The van der Waals surface area contributed by atoms with Crippen LogP contribution in [0.5, 0.6) is 5.75 Å². The third-order valence-corrected chi connectivity index (χ3v) is 6.25. The number of ether oxygens (including phenoxy) is 1. The first kappa shape index (κ1) is 15.0. The van der Waals surface area contributed by atoms with Gasteiger partial charge in [0.1, 0.15) is 5.75 Å². The Bertz CT molecular complexity index is 599. The standard InChI is InChI=1S/C20H27NO2/c1-13-11-14-7-3-5-9-18(14)21(13)20(22)17-12-16(17)15-8-4-6-10-19(15)23-2/h4,6,8,10,13-14,16-18H,3,5,7,9,11-12H2,1-2H3. The van der Waals surface area contributed by atoms with Gasteiger partial charge in [-0.2, -0.15) is 0 Å². The van der Waals surface area contributed by atoms with Crippen LogP contribution >= 0.6 is 0 Å². The Balaban J connectivity index is 1.50. The van der Waals surface area contributed by atoms with E-state index < -0.39 is 0 Å². The molecule has 1 heterocycles. The smallest absolute Gasteiger partial charge is 0.226 e. The summed E-state index contributed by atoms with van der Waals surface area (Å²) in [5, 5.41) is 0. The minimum atomic E-state index is 0.175. The van der Waals surface area contributed by atoms with Gasteiger partial charge in [0, 0.05) is 18.0 Å². The Labute approximate surface area is 139 Å². The number of nitrogens with zero attached hydrogens (tertiary/aromatic N) is 1. The lowest BCUT2D eigenvalue weighted by Gasteiger charge is -2.33. The number of para-hydroxylation sites is 1. The van der Waals surface area contributed by atoms with Gasteiger partial charge in [-0.15, -0.1) is 0 Å². The molecule has 0 N–H and O–H groups in total. The van der Waals surface area contributed by atoms with Crippen molar-refractivity contribution in [3.8, 4) is 5.75 Å². The van der Waals surface area contributed by atoms with Gasteiger partial charge < -0.3 is 9.64 Å². The highest BCUT2D eigenvalue weighted by molar-refractivity contribution is 5.84. The molecule has 5 atom stereocenters. The van der Waals surface area contributed by atoms with Gasteiger partial charge in [-0.05, 0) is 56.1 Å². The number of rotatable bonds is 3. The van der Waals surface area contributed by atoms with Gasteiger partial charge in [0.25, 0.3) is 0 Å². The number of hydrogen-bond donors (Lipinski definition) is 0. The molecule has 0 bridgehead atoms. The third-order valence-electron chi connectivity index (χ3n) is 6.25. The number of carbonyl (C=O) groups excluding carboxylic acids is 1. The average Bonchev–Trinajstić information content (AvgIpc) is 3.30. The summed E-state index contributed by atoms with van der Waals surface area (Å²) in [4.78, 5) is 15.4. The lowest BCUT2D eigenvalue weighted by atomic mass is 9.85. The van der Waals surface area contributed by atoms with Crippen molar-refractivity contribution < 1.29 is 9.53 Å².